The highest BCUT2D eigenvalue weighted by molar-refractivity contribution is 7.80. The number of rotatable bonds is 7. The van der Waals surface area contributed by atoms with Crippen LogP contribution in [0.15, 0.2) is 0 Å². The molecule has 2 rings (SSSR count). The Bertz CT molecular complexity index is 244. The number of nitrogens with zero attached hydrogens (tertiary/aromatic N) is 1. The average molecular weight is 226 g/mol. The molecule has 0 unspecified atom stereocenters. The summed E-state index contributed by atoms with van der Waals surface area (Å²) >= 11 is 5.04. The minimum absolute atomic E-state index is 0.476. The summed E-state index contributed by atoms with van der Waals surface area (Å²) in [7, 11) is 0. The van der Waals surface area contributed by atoms with Crippen LogP contribution in [0.5, 0.6) is 0 Å². The Kier molecular flexibility index (Phi) is 3.31. The van der Waals surface area contributed by atoms with E-state index in [1.54, 1.807) is 0 Å². The van der Waals surface area contributed by atoms with Crippen molar-refractivity contribution in [3.05, 3.63) is 0 Å². The van der Waals surface area contributed by atoms with Crippen LogP contribution in [0.4, 0.5) is 0 Å². The van der Waals surface area contributed by atoms with Crippen molar-refractivity contribution in [3.8, 4) is 0 Å². The van der Waals surface area contributed by atoms with Gasteiger partial charge in [0.05, 0.1) is 4.99 Å². The molecule has 0 heterocycles. The summed E-state index contributed by atoms with van der Waals surface area (Å²) in [6.45, 7) is 4.76. The van der Waals surface area contributed by atoms with Crippen LogP contribution in [0.3, 0.4) is 0 Å². The molecule has 0 bridgehead atoms. The molecule has 2 saturated carbocycles. The predicted molar refractivity (Wildman–Crippen MR) is 68.0 cm³/mol. The Morgan fingerprint density at radius 2 is 2.13 bits per heavy atom. The van der Waals surface area contributed by atoms with E-state index in [9.17, 15) is 0 Å². The van der Waals surface area contributed by atoms with Gasteiger partial charge in [0.15, 0.2) is 0 Å². The van der Waals surface area contributed by atoms with Crippen LogP contribution in [0, 0.1) is 5.41 Å². The van der Waals surface area contributed by atoms with Gasteiger partial charge in [0.1, 0.15) is 0 Å². The Balaban J connectivity index is 1.85. The first-order valence-electron chi connectivity index (χ1n) is 6.17. The highest BCUT2D eigenvalue weighted by Gasteiger charge is 2.45. The van der Waals surface area contributed by atoms with Gasteiger partial charge >= 0.3 is 0 Å². The van der Waals surface area contributed by atoms with Gasteiger partial charge in [-0.3, -0.25) is 4.90 Å². The van der Waals surface area contributed by atoms with E-state index in [0.717, 1.165) is 12.5 Å². The standard InChI is InChI=1S/C12H22N2S/c1-2-7-14(10-3-4-10)9-12(5-6-12)8-11(13)15/h10H,2-9H2,1H3,(H2,13,15). The molecule has 0 aromatic rings. The fourth-order valence-corrected chi connectivity index (χ4v) is 2.79. The highest BCUT2D eigenvalue weighted by atomic mass is 32.1. The smallest absolute Gasteiger partial charge is 0.0733 e. The van der Waals surface area contributed by atoms with Gasteiger partial charge in [0.2, 0.25) is 0 Å². The quantitative estimate of drug-likeness (QED) is 0.676. The van der Waals surface area contributed by atoms with Crippen molar-refractivity contribution in [2.45, 2.75) is 51.5 Å². The average Bonchev–Trinajstić information content (AvgIpc) is 2.95. The van der Waals surface area contributed by atoms with Crippen molar-refractivity contribution in [1.82, 2.24) is 4.90 Å². The van der Waals surface area contributed by atoms with E-state index in [4.69, 9.17) is 18.0 Å². The minimum atomic E-state index is 0.476. The van der Waals surface area contributed by atoms with Gasteiger partial charge in [-0.25, -0.2) is 0 Å². The zero-order valence-corrected chi connectivity index (χ0v) is 10.5. The summed E-state index contributed by atoms with van der Waals surface area (Å²) in [5, 5.41) is 0. The molecule has 0 amide bonds. The molecule has 0 spiro atoms. The van der Waals surface area contributed by atoms with Crippen molar-refractivity contribution < 1.29 is 0 Å². The molecule has 0 aromatic carbocycles. The minimum Gasteiger partial charge on any atom is -0.393 e. The molecule has 0 atom stereocenters. The largest absolute Gasteiger partial charge is 0.393 e. The lowest BCUT2D eigenvalue weighted by Crippen LogP contribution is -2.34. The van der Waals surface area contributed by atoms with Crippen LogP contribution in [0.2, 0.25) is 0 Å². The molecule has 2 aliphatic carbocycles. The van der Waals surface area contributed by atoms with E-state index in [-0.39, 0.29) is 0 Å². The van der Waals surface area contributed by atoms with Crippen LogP contribution < -0.4 is 5.73 Å². The van der Waals surface area contributed by atoms with Crippen LogP contribution in [0.25, 0.3) is 0 Å². The summed E-state index contributed by atoms with van der Waals surface area (Å²) in [6, 6.07) is 0.883. The Morgan fingerprint density at radius 1 is 1.47 bits per heavy atom. The van der Waals surface area contributed by atoms with Gasteiger partial charge in [0.25, 0.3) is 0 Å². The van der Waals surface area contributed by atoms with Crippen LogP contribution in [-0.4, -0.2) is 29.0 Å². The first-order valence-corrected chi connectivity index (χ1v) is 6.58. The highest BCUT2D eigenvalue weighted by Crippen LogP contribution is 2.50. The number of hydrogen-bond acceptors (Lipinski definition) is 2. The Hall–Kier alpha value is -0.150. The van der Waals surface area contributed by atoms with Crippen molar-refractivity contribution in [3.63, 3.8) is 0 Å². The third kappa shape index (κ3) is 3.15. The van der Waals surface area contributed by atoms with Crippen molar-refractivity contribution >= 4 is 17.2 Å². The third-order valence-electron chi connectivity index (χ3n) is 3.62. The number of nitrogens with two attached hydrogens (primary N) is 1. The van der Waals surface area contributed by atoms with E-state index in [1.165, 1.54) is 45.2 Å². The van der Waals surface area contributed by atoms with Crippen molar-refractivity contribution in [2.75, 3.05) is 13.1 Å². The third-order valence-corrected chi connectivity index (χ3v) is 3.76. The molecule has 15 heavy (non-hydrogen) atoms. The van der Waals surface area contributed by atoms with E-state index < -0.39 is 0 Å². The summed E-state index contributed by atoms with van der Waals surface area (Å²) in [5.41, 5.74) is 6.15. The molecule has 0 aliphatic heterocycles. The Morgan fingerprint density at radius 3 is 2.53 bits per heavy atom. The fourth-order valence-electron chi connectivity index (χ4n) is 2.49. The molecule has 3 heteroatoms. The van der Waals surface area contributed by atoms with Gasteiger partial charge in [-0.05, 0) is 44.1 Å². The molecular weight excluding hydrogens is 204 g/mol. The second-order valence-electron chi connectivity index (χ2n) is 5.34. The van der Waals surface area contributed by atoms with Crippen molar-refractivity contribution in [2.24, 2.45) is 11.1 Å². The van der Waals surface area contributed by atoms with Gasteiger partial charge in [-0.2, -0.15) is 0 Å². The molecule has 0 aromatic heterocycles. The maximum absolute atomic E-state index is 5.67. The number of thiocarbonyl (C=S) groups is 1. The SMILES string of the molecule is CCCN(CC1(CC(N)=S)CC1)C1CC1. The predicted octanol–water partition coefficient (Wildman–Crippen LogP) is 2.32. The topological polar surface area (TPSA) is 29.3 Å². The summed E-state index contributed by atoms with van der Waals surface area (Å²) in [6.07, 6.45) is 7.70. The van der Waals surface area contributed by atoms with Crippen LogP contribution in [-0.2, 0) is 0 Å². The second kappa shape index (κ2) is 4.38. The first-order chi connectivity index (χ1) is 7.15. The van der Waals surface area contributed by atoms with Gasteiger partial charge in [-0.1, -0.05) is 19.1 Å². The maximum atomic E-state index is 5.67. The first kappa shape index (κ1) is 11.3. The molecule has 2 fully saturated rings. The molecule has 0 radical (unpaired) electrons. The fraction of sp³-hybridized carbons (Fsp3) is 0.917. The summed E-state index contributed by atoms with van der Waals surface area (Å²) in [4.78, 5) is 3.38. The van der Waals surface area contributed by atoms with Crippen molar-refractivity contribution in [1.29, 1.82) is 0 Å². The molecular formula is C12H22N2S. The summed E-state index contributed by atoms with van der Waals surface area (Å²) in [5.74, 6) is 0. The van der Waals surface area contributed by atoms with E-state index >= 15 is 0 Å². The van der Waals surface area contributed by atoms with Crippen LogP contribution >= 0.6 is 12.2 Å². The normalized spacial score (nSPS) is 23.1. The van der Waals surface area contributed by atoms with Gasteiger partial charge < -0.3 is 5.73 Å². The zero-order valence-electron chi connectivity index (χ0n) is 9.67. The molecule has 2 nitrogen and oxygen atoms in total. The second-order valence-corrected chi connectivity index (χ2v) is 5.87. The lowest BCUT2D eigenvalue weighted by molar-refractivity contribution is 0.213. The monoisotopic (exact) mass is 226 g/mol. The van der Waals surface area contributed by atoms with Gasteiger partial charge in [0, 0.05) is 19.0 Å². The molecule has 0 saturated heterocycles. The summed E-state index contributed by atoms with van der Waals surface area (Å²) < 4.78 is 0. The maximum Gasteiger partial charge on any atom is 0.0733 e. The Labute approximate surface area is 98.2 Å². The van der Waals surface area contributed by atoms with Crippen LogP contribution in [0.1, 0.15) is 45.4 Å². The lowest BCUT2D eigenvalue weighted by atomic mass is 10.0. The lowest BCUT2D eigenvalue weighted by Gasteiger charge is -2.26. The van der Waals surface area contributed by atoms with E-state index in [0.29, 0.717) is 10.4 Å². The zero-order chi connectivity index (χ0) is 10.9. The molecule has 2 N–H and O–H groups in total. The van der Waals surface area contributed by atoms with Gasteiger partial charge in [-0.15, -0.1) is 0 Å². The van der Waals surface area contributed by atoms with E-state index in [1.807, 2.05) is 0 Å². The van der Waals surface area contributed by atoms with E-state index in [2.05, 4.69) is 11.8 Å². The molecule has 2 aliphatic rings. The number of hydrogen-bond donors (Lipinski definition) is 1. The molecule has 86 valence electrons.